The van der Waals surface area contributed by atoms with Gasteiger partial charge in [0.15, 0.2) is 0 Å². The van der Waals surface area contributed by atoms with Crippen molar-refractivity contribution >= 4 is 27.5 Å². The molecule has 4 aromatic rings. The third kappa shape index (κ3) is 8.11. The first kappa shape index (κ1) is 32.4. The van der Waals surface area contributed by atoms with E-state index in [1.165, 1.54) is 23.1 Å². The fourth-order valence-corrected chi connectivity index (χ4v) is 6.36. The van der Waals surface area contributed by atoms with E-state index in [1.807, 2.05) is 44.2 Å². The lowest BCUT2D eigenvalue weighted by molar-refractivity contribution is -0.140. The Balaban J connectivity index is 1.81. The van der Waals surface area contributed by atoms with Crippen molar-refractivity contribution in [2.75, 3.05) is 17.4 Å². The van der Waals surface area contributed by atoms with Gasteiger partial charge < -0.3 is 10.2 Å². The largest absolute Gasteiger partial charge is 0.354 e. The van der Waals surface area contributed by atoms with E-state index in [4.69, 9.17) is 0 Å². The minimum atomic E-state index is -4.20. The van der Waals surface area contributed by atoms with E-state index in [9.17, 15) is 18.0 Å². The van der Waals surface area contributed by atoms with Crippen LogP contribution >= 0.6 is 0 Å². The summed E-state index contributed by atoms with van der Waals surface area (Å²) < 4.78 is 44.2. The van der Waals surface area contributed by atoms with Gasteiger partial charge in [-0.1, -0.05) is 98.8 Å². The molecule has 0 saturated heterocycles. The minimum Gasteiger partial charge on any atom is -0.354 e. The predicted octanol–water partition coefficient (Wildman–Crippen LogP) is 5.74. The second-order valence-electron chi connectivity index (χ2n) is 11.1. The van der Waals surface area contributed by atoms with Gasteiger partial charge in [0.25, 0.3) is 10.0 Å². The van der Waals surface area contributed by atoms with Crippen LogP contribution in [0, 0.1) is 18.7 Å². The second-order valence-corrected chi connectivity index (χ2v) is 12.9. The molecule has 1 atom stereocenters. The summed E-state index contributed by atoms with van der Waals surface area (Å²) in [5.74, 6) is -1.42. The highest BCUT2D eigenvalue weighted by Crippen LogP contribution is 2.27. The summed E-state index contributed by atoms with van der Waals surface area (Å²) in [6.07, 6.45) is 0.154. The first-order valence-electron chi connectivity index (χ1n) is 14.6. The van der Waals surface area contributed by atoms with E-state index in [2.05, 4.69) is 5.32 Å². The quantitative estimate of drug-likeness (QED) is 0.208. The molecule has 9 heteroatoms. The normalized spacial score (nSPS) is 12.0. The van der Waals surface area contributed by atoms with Crippen LogP contribution < -0.4 is 9.62 Å². The van der Waals surface area contributed by atoms with Crippen LogP contribution in [0.4, 0.5) is 10.1 Å². The van der Waals surface area contributed by atoms with Gasteiger partial charge in [-0.05, 0) is 48.2 Å². The number of benzene rings is 4. The van der Waals surface area contributed by atoms with Crippen molar-refractivity contribution in [1.29, 1.82) is 0 Å². The van der Waals surface area contributed by atoms with Crippen LogP contribution in [0.25, 0.3) is 0 Å². The zero-order chi connectivity index (χ0) is 31.7. The van der Waals surface area contributed by atoms with Crippen LogP contribution in [0.5, 0.6) is 0 Å². The third-order valence-corrected chi connectivity index (χ3v) is 9.02. The molecule has 1 N–H and O–H groups in total. The molecule has 0 unspecified atom stereocenters. The van der Waals surface area contributed by atoms with Gasteiger partial charge in [0.2, 0.25) is 11.8 Å². The molecule has 4 rings (SSSR count). The lowest BCUT2D eigenvalue weighted by Gasteiger charge is -2.34. The highest BCUT2D eigenvalue weighted by atomic mass is 32.2. The number of halogens is 1. The van der Waals surface area contributed by atoms with Gasteiger partial charge in [0.05, 0.1) is 10.6 Å². The van der Waals surface area contributed by atoms with Crippen molar-refractivity contribution in [2.45, 2.75) is 44.7 Å². The number of nitrogens with one attached hydrogen (secondary N) is 1. The van der Waals surface area contributed by atoms with Crippen LogP contribution in [-0.2, 0) is 32.6 Å². The van der Waals surface area contributed by atoms with Crippen LogP contribution in [0.1, 0.15) is 30.5 Å². The molecule has 230 valence electrons. The fraction of sp³-hybridized carbons (Fsp3) is 0.257. The molecule has 2 amide bonds. The number of aryl methyl sites for hydroxylation is 1. The van der Waals surface area contributed by atoms with Gasteiger partial charge in [-0.25, -0.2) is 12.8 Å². The number of amides is 2. The highest BCUT2D eigenvalue weighted by molar-refractivity contribution is 7.92. The van der Waals surface area contributed by atoms with Crippen molar-refractivity contribution in [3.8, 4) is 0 Å². The molecule has 44 heavy (non-hydrogen) atoms. The molecule has 0 fully saturated rings. The van der Waals surface area contributed by atoms with E-state index >= 15 is 4.39 Å². The Morgan fingerprint density at radius 1 is 0.818 bits per heavy atom. The summed E-state index contributed by atoms with van der Waals surface area (Å²) in [4.78, 5) is 29.5. The third-order valence-electron chi connectivity index (χ3n) is 7.25. The number of hydrogen-bond acceptors (Lipinski definition) is 4. The first-order valence-corrected chi connectivity index (χ1v) is 16.0. The topological polar surface area (TPSA) is 86.8 Å². The van der Waals surface area contributed by atoms with Crippen molar-refractivity contribution in [3.05, 3.63) is 132 Å². The summed E-state index contributed by atoms with van der Waals surface area (Å²) in [5, 5.41) is 2.93. The van der Waals surface area contributed by atoms with Crippen LogP contribution in [0.2, 0.25) is 0 Å². The number of carbonyl (C=O) groups excluding carboxylic acids is 2. The van der Waals surface area contributed by atoms with Crippen molar-refractivity contribution in [3.63, 3.8) is 0 Å². The number of anilines is 1. The van der Waals surface area contributed by atoms with Crippen LogP contribution in [0.3, 0.4) is 0 Å². The highest BCUT2D eigenvalue weighted by Gasteiger charge is 2.35. The maximum atomic E-state index is 15.0. The Labute approximate surface area is 259 Å². The first-order chi connectivity index (χ1) is 21.1. The van der Waals surface area contributed by atoms with Gasteiger partial charge in [-0.3, -0.25) is 13.9 Å². The van der Waals surface area contributed by atoms with Crippen molar-refractivity contribution in [2.24, 2.45) is 5.92 Å². The fourth-order valence-electron chi connectivity index (χ4n) is 4.86. The van der Waals surface area contributed by atoms with Gasteiger partial charge in [0.1, 0.15) is 18.4 Å². The van der Waals surface area contributed by atoms with Gasteiger partial charge >= 0.3 is 0 Å². The Morgan fingerprint density at radius 3 is 2.05 bits per heavy atom. The van der Waals surface area contributed by atoms with E-state index < -0.39 is 40.2 Å². The molecule has 4 aromatic carbocycles. The Kier molecular flexibility index (Phi) is 10.9. The molecule has 0 bridgehead atoms. The maximum Gasteiger partial charge on any atom is 0.264 e. The molecule has 0 aromatic heterocycles. The number of para-hydroxylation sites is 1. The van der Waals surface area contributed by atoms with E-state index in [-0.39, 0.29) is 29.3 Å². The number of nitrogens with zero attached hydrogens (tertiary/aromatic N) is 2. The SMILES string of the molecule is Cc1ccccc1N(CC(=O)N(Cc1ccccc1F)[C@H](Cc1ccccc1)C(=O)NCC(C)C)S(=O)(=O)c1ccccc1. The Bertz CT molecular complexity index is 1660. The molecule has 0 heterocycles. The molecule has 7 nitrogen and oxygen atoms in total. The molecule has 0 saturated carbocycles. The summed E-state index contributed by atoms with van der Waals surface area (Å²) in [6, 6.07) is 29.0. The van der Waals surface area contributed by atoms with E-state index in [0.29, 0.717) is 17.8 Å². The second kappa shape index (κ2) is 14.8. The molecule has 0 aliphatic heterocycles. The van der Waals surface area contributed by atoms with Gasteiger partial charge in [0, 0.05) is 25.1 Å². The minimum absolute atomic E-state index is 0.0206. The number of hydrogen-bond donors (Lipinski definition) is 1. The van der Waals surface area contributed by atoms with Gasteiger partial charge in [-0.15, -0.1) is 0 Å². The zero-order valence-corrected chi connectivity index (χ0v) is 26.0. The molecule has 0 spiro atoms. The van der Waals surface area contributed by atoms with Crippen LogP contribution in [0.15, 0.2) is 114 Å². The van der Waals surface area contributed by atoms with Crippen LogP contribution in [-0.4, -0.2) is 44.3 Å². The smallest absolute Gasteiger partial charge is 0.264 e. The molecule has 0 radical (unpaired) electrons. The summed E-state index contributed by atoms with van der Waals surface area (Å²) in [6.45, 7) is 5.24. The molecular formula is C35H38FN3O4S. The number of sulfonamides is 1. The molecule has 0 aliphatic rings. The maximum absolute atomic E-state index is 15.0. The summed E-state index contributed by atoms with van der Waals surface area (Å²) >= 11 is 0. The predicted molar refractivity (Wildman–Crippen MR) is 171 cm³/mol. The molecule has 0 aliphatic carbocycles. The lowest BCUT2D eigenvalue weighted by atomic mass is 10.0. The molecular weight excluding hydrogens is 577 g/mol. The monoisotopic (exact) mass is 615 g/mol. The van der Waals surface area contributed by atoms with Gasteiger partial charge in [-0.2, -0.15) is 0 Å². The average Bonchev–Trinajstić information content (AvgIpc) is 3.02. The standard InChI is InChI=1S/C35H38FN3O4S/c1-26(2)23-37-35(41)33(22-28-15-6-4-7-16-28)38(24-29-17-11-12-20-31(29)36)34(40)25-39(32-21-13-10-14-27(32)3)44(42,43)30-18-8-5-9-19-30/h4-21,26,33H,22-25H2,1-3H3,(H,37,41)/t33-/m1/s1. The van der Waals surface area contributed by atoms with E-state index in [0.717, 1.165) is 9.87 Å². The van der Waals surface area contributed by atoms with E-state index in [1.54, 1.807) is 67.6 Å². The zero-order valence-electron chi connectivity index (χ0n) is 25.2. The van der Waals surface area contributed by atoms with Crippen molar-refractivity contribution in [1.82, 2.24) is 10.2 Å². The summed E-state index contributed by atoms with van der Waals surface area (Å²) in [7, 11) is -4.20. The summed E-state index contributed by atoms with van der Waals surface area (Å²) in [5.41, 5.74) is 2.00. The lowest BCUT2D eigenvalue weighted by Crippen LogP contribution is -2.54. The number of rotatable bonds is 13. The van der Waals surface area contributed by atoms with Crippen molar-refractivity contribution < 1.29 is 22.4 Å². The Hall–Kier alpha value is -4.50. The Morgan fingerprint density at radius 2 is 1.41 bits per heavy atom. The average molecular weight is 616 g/mol. The number of carbonyl (C=O) groups is 2.